The highest BCUT2D eigenvalue weighted by molar-refractivity contribution is 5.45. The van der Waals surface area contributed by atoms with Crippen LogP contribution >= 0.6 is 0 Å². The van der Waals surface area contributed by atoms with Gasteiger partial charge in [0.2, 0.25) is 6.79 Å². The van der Waals surface area contributed by atoms with Gasteiger partial charge in [-0.05, 0) is 17.7 Å². The number of benzene rings is 1. The van der Waals surface area contributed by atoms with Gasteiger partial charge >= 0.3 is 0 Å². The minimum Gasteiger partial charge on any atom is -0.454 e. The standard InChI is InChI=1S/C14H13N3O3/c15-4-1-5-17-14(11(7-16)8-20-17)10-2-3-12-13(6-10)19-9-18-12/h2-3,6,11,14H,1,5,8-9H2. The molecule has 0 aliphatic carbocycles. The molecule has 1 aromatic rings. The second kappa shape index (κ2) is 5.38. The predicted molar refractivity (Wildman–Crippen MR) is 67.3 cm³/mol. The molecule has 102 valence electrons. The second-order valence-corrected chi connectivity index (χ2v) is 4.64. The molecule has 1 aromatic carbocycles. The number of hydrogen-bond donors (Lipinski definition) is 0. The van der Waals surface area contributed by atoms with Gasteiger partial charge in [-0.1, -0.05) is 6.07 Å². The van der Waals surface area contributed by atoms with Gasteiger partial charge in [-0.2, -0.15) is 15.6 Å². The summed E-state index contributed by atoms with van der Waals surface area (Å²) in [6, 6.07) is 9.81. The largest absolute Gasteiger partial charge is 0.454 e. The molecular formula is C14H13N3O3. The first-order chi connectivity index (χ1) is 9.83. The molecule has 2 heterocycles. The lowest BCUT2D eigenvalue weighted by molar-refractivity contribution is -0.131. The van der Waals surface area contributed by atoms with Gasteiger partial charge in [0.1, 0.15) is 0 Å². The lowest BCUT2D eigenvalue weighted by atomic mass is 9.95. The van der Waals surface area contributed by atoms with Crippen LogP contribution in [0, 0.1) is 28.6 Å². The van der Waals surface area contributed by atoms with Crippen molar-refractivity contribution in [3.8, 4) is 23.6 Å². The van der Waals surface area contributed by atoms with E-state index in [0.29, 0.717) is 31.1 Å². The Morgan fingerprint density at radius 1 is 1.25 bits per heavy atom. The fourth-order valence-corrected chi connectivity index (χ4v) is 2.52. The van der Waals surface area contributed by atoms with Crippen molar-refractivity contribution in [3.05, 3.63) is 23.8 Å². The number of hydroxylamine groups is 2. The molecule has 0 N–H and O–H groups in total. The van der Waals surface area contributed by atoms with Crippen LogP contribution in [0.2, 0.25) is 0 Å². The Balaban J connectivity index is 1.88. The van der Waals surface area contributed by atoms with Gasteiger partial charge in [0, 0.05) is 6.54 Å². The van der Waals surface area contributed by atoms with Crippen LogP contribution in [-0.4, -0.2) is 25.0 Å². The van der Waals surface area contributed by atoms with Crippen LogP contribution in [0.3, 0.4) is 0 Å². The number of hydrogen-bond acceptors (Lipinski definition) is 6. The Kier molecular flexibility index (Phi) is 3.42. The first-order valence-electron chi connectivity index (χ1n) is 6.39. The molecule has 6 heteroatoms. The molecule has 1 saturated heterocycles. The number of rotatable bonds is 3. The molecule has 0 spiro atoms. The van der Waals surface area contributed by atoms with Crippen LogP contribution in [-0.2, 0) is 4.84 Å². The van der Waals surface area contributed by atoms with E-state index in [9.17, 15) is 5.26 Å². The van der Waals surface area contributed by atoms with E-state index < -0.39 is 0 Å². The lowest BCUT2D eigenvalue weighted by Crippen LogP contribution is -2.25. The van der Waals surface area contributed by atoms with Gasteiger partial charge in [-0.15, -0.1) is 0 Å². The smallest absolute Gasteiger partial charge is 0.231 e. The highest BCUT2D eigenvalue weighted by Gasteiger charge is 2.37. The topological polar surface area (TPSA) is 78.5 Å². The average molecular weight is 271 g/mol. The zero-order chi connectivity index (χ0) is 13.9. The van der Waals surface area contributed by atoms with Crippen LogP contribution in [0.5, 0.6) is 11.5 Å². The molecule has 2 aliphatic rings. The van der Waals surface area contributed by atoms with E-state index in [2.05, 4.69) is 12.1 Å². The molecule has 3 rings (SSSR count). The minimum atomic E-state index is -0.255. The monoisotopic (exact) mass is 271 g/mol. The molecule has 0 amide bonds. The Labute approximate surface area is 116 Å². The van der Waals surface area contributed by atoms with Crippen molar-refractivity contribution in [1.29, 1.82) is 10.5 Å². The van der Waals surface area contributed by atoms with Crippen molar-refractivity contribution in [1.82, 2.24) is 5.06 Å². The van der Waals surface area contributed by atoms with Gasteiger partial charge in [-0.3, -0.25) is 4.84 Å². The Bertz CT molecular complexity index is 590. The third-order valence-corrected chi connectivity index (χ3v) is 3.46. The number of nitrogens with zero attached hydrogens (tertiary/aromatic N) is 3. The van der Waals surface area contributed by atoms with Crippen LogP contribution in [0.4, 0.5) is 0 Å². The molecule has 0 aromatic heterocycles. The summed E-state index contributed by atoms with van der Waals surface area (Å²) in [5.41, 5.74) is 0.941. The fourth-order valence-electron chi connectivity index (χ4n) is 2.52. The SMILES string of the molecule is N#CCCN1OCC(C#N)C1c1ccc2c(c1)OCO2. The Hall–Kier alpha value is -2.28. The van der Waals surface area contributed by atoms with Gasteiger partial charge in [0.15, 0.2) is 11.5 Å². The summed E-state index contributed by atoms with van der Waals surface area (Å²) in [6.45, 7) is 1.05. The van der Waals surface area contributed by atoms with Crippen LogP contribution in [0.1, 0.15) is 18.0 Å². The van der Waals surface area contributed by atoms with Crippen molar-refractivity contribution < 1.29 is 14.3 Å². The summed E-state index contributed by atoms with van der Waals surface area (Å²) in [7, 11) is 0. The molecule has 0 bridgehead atoms. The maximum Gasteiger partial charge on any atom is 0.231 e. The summed E-state index contributed by atoms with van der Waals surface area (Å²) >= 11 is 0. The van der Waals surface area contributed by atoms with E-state index >= 15 is 0 Å². The summed E-state index contributed by atoms with van der Waals surface area (Å²) in [4.78, 5) is 5.53. The maximum absolute atomic E-state index is 9.26. The molecule has 2 aliphatic heterocycles. The first kappa shape index (κ1) is 12.7. The molecule has 2 unspecified atom stereocenters. The van der Waals surface area contributed by atoms with Crippen LogP contribution < -0.4 is 9.47 Å². The molecule has 2 atom stereocenters. The van der Waals surface area contributed by atoms with E-state index in [-0.39, 0.29) is 18.8 Å². The Morgan fingerprint density at radius 3 is 2.90 bits per heavy atom. The van der Waals surface area contributed by atoms with Gasteiger partial charge < -0.3 is 9.47 Å². The maximum atomic E-state index is 9.26. The predicted octanol–water partition coefficient (Wildman–Crippen LogP) is 1.76. The number of ether oxygens (including phenoxy) is 2. The normalized spacial score (nSPS) is 24.3. The molecule has 0 saturated carbocycles. The van der Waals surface area contributed by atoms with E-state index in [0.717, 1.165) is 5.56 Å². The van der Waals surface area contributed by atoms with Gasteiger partial charge in [0.25, 0.3) is 0 Å². The third kappa shape index (κ3) is 2.16. The van der Waals surface area contributed by atoms with E-state index in [1.54, 1.807) is 5.06 Å². The van der Waals surface area contributed by atoms with Crippen LogP contribution in [0.25, 0.3) is 0 Å². The number of nitriles is 2. The summed E-state index contributed by atoms with van der Waals surface area (Å²) in [6.07, 6.45) is 0.360. The van der Waals surface area contributed by atoms with Crippen molar-refractivity contribution >= 4 is 0 Å². The quantitative estimate of drug-likeness (QED) is 0.833. The summed E-state index contributed by atoms with van der Waals surface area (Å²) in [5.74, 6) is 1.14. The van der Waals surface area contributed by atoms with Crippen molar-refractivity contribution in [2.24, 2.45) is 5.92 Å². The molecular weight excluding hydrogens is 258 g/mol. The molecule has 0 radical (unpaired) electrons. The van der Waals surface area contributed by atoms with E-state index in [1.165, 1.54) is 0 Å². The summed E-state index contributed by atoms with van der Waals surface area (Å²) < 4.78 is 10.7. The van der Waals surface area contributed by atoms with Gasteiger partial charge in [-0.25, -0.2) is 0 Å². The fraction of sp³-hybridized carbons (Fsp3) is 0.429. The lowest BCUT2D eigenvalue weighted by Gasteiger charge is -2.23. The Morgan fingerprint density at radius 2 is 2.10 bits per heavy atom. The second-order valence-electron chi connectivity index (χ2n) is 4.64. The molecule has 20 heavy (non-hydrogen) atoms. The average Bonchev–Trinajstić information content (AvgIpc) is 3.10. The highest BCUT2D eigenvalue weighted by atomic mass is 16.7. The third-order valence-electron chi connectivity index (χ3n) is 3.46. The van der Waals surface area contributed by atoms with Crippen molar-refractivity contribution in [2.75, 3.05) is 19.9 Å². The molecule has 6 nitrogen and oxygen atoms in total. The van der Waals surface area contributed by atoms with Gasteiger partial charge in [0.05, 0.1) is 37.1 Å². The van der Waals surface area contributed by atoms with Crippen molar-refractivity contribution in [2.45, 2.75) is 12.5 Å². The zero-order valence-electron chi connectivity index (χ0n) is 10.8. The minimum absolute atomic E-state index is 0.178. The first-order valence-corrected chi connectivity index (χ1v) is 6.39. The van der Waals surface area contributed by atoms with E-state index in [4.69, 9.17) is 19.6 Å². The van der Waals surface area contributed by atoms with E-state index in [1.807, 2.05) is 18.2 Å². The zero-order valence-corrected chi connectivity index (χ0v) is 10.8. The van der Waals surface area contributed by atoms with Crippen molar-refractivity contribution in [3.63, 3.8) is 0 Å². The molecule has 1 fully saturated rings. The van der Waals surface area contributed by atoms with Crippen LogP contribution in [0.15, 0.2) is 18.2 Å². The number of fused-ring (bicyclic) bond motifs is 1. The highest BCUT2D eigenvalue weighted by Crippen LogP contribution is 2.40. The summed E-state index contributed by atoms with van der Waals surface area (Å²) in [5, 5.41) is 19.7.